The van der Waals surface area contributed by atoms with Gasteiger partial charge < -0.3 is 19.2 Å². The summed E-state index contributed by atoms with van der Waals surface area (Å²) in [7, 11) is 0. The molecule has 0 aliphatic carbocycles. The molecule has 30 heavy (non-hydrogen) atoms. The molecule has 4 rings (SSSR count). The zero-order valence-electron chi connectivity index (χ0n) is 16.4. The number of rotatable bonds is 5. The largest absolute Gasteiger partial charge is 0.481 e. The summed E-state index contributed by atoms with van der Waals surface area (Å²) in [4.78, 5) is 37.5. The van der Waals surface area contributed by atoms with E-state index in [2.05, 4.69) is 0 Å². The first-order chi connectivity index (χ1) is 14.4. The van der Waals surface area contributed by atoms with Crippen LogP contribution in [0, 0.1) is 0 Å². The third kappa shape index (κ3) is 3.78. The zero-order chi connectivity index (χ0) is 21.3. The fourth-order valence-electron chi connectivity index (χ4n) is 3.85. The molecule has 0 bridgehead atoms. The first-order valence-corrected chi connectivity index (χ1v) is 9.77. The maximum absolute atomic E-state index is 12.7. The van der Waals surface area contributed by atoms with Gasteiger partial charge in [0.1, 0.15) is 17.4 Å². The Hall–Kier alpha value is -3.61. The summed E-state index contributed by atoms with van der Waals surface area (Å²) in [5.74, 6) is -1.02. The number of ether oxygens (including phenoxy) is 1. The molecular weight excluding hydrogens is 386 g/mol. The van der Waals surface area contributed by atoms with Gasteiger partial charge in [-0.1, -0.05) is 30.3 Å². The number of carboxylic acids is 1. The number of amides is 1. The number of carbonyl (C=O) groups is 2. The van der Waals surface area contributed by atoms with Crippen molar-refractivity contribution in [2.45, 2.75) is 31.9 Å². The molecule has 2 aromatic carbocycles. The molecule has 0 radical (unpaired) electrons. The van der Waals surface area contributed by atoms with Crippen LogP contribution in [0.4, 0.5) is 0 Å². The summed E-state index contributed by atoms with van der Waals surface area (Å²) >= 11 is 0. The van der Waals surface area contributed by atoms with Gasteiger partial charge >= 0.3 is 11.6 Å². The van der Waals surface area contributed by atoms with E-state index < -0.39 is 23.7 Å². The standard InChI is InChI=1S/C23H21NO6/c1-14(22(26)24-11-5-8-19(24)23(27)28)29-16-9-10-17-18(15-6-3-2-4-7-15)13-21(25)30-20(17)12-16/h2-4,6-7,9-10,12-14,19H,5,8,11H2,1H3,(H,27,28). The molecule has 1 aliphatic heterocycles. The minimum Gasteiger partial charge on any atom is -0.481 e. The highest BCUT2D eigenvalue weighted by Crippen LogP contribution is 2.30. The Morgan fingerprint density at radius 3 is 2.67 bits per heavy atom. The number of carbonyl (C=O) groups excluding carboxylic acids is 1. The van der Waals surface area contributed by atoms with Crippen molar-refractivity contribution in [1.82, 2.24) is 4.90 Å². The highest BCUT2D eigenvalue weighted by Gasteiger charge is 2.36. The Bertz CT molecular complexity index is 1150. The van der Waals surface area contributed by atoms with Crippen molar-refractivity contribution >= 4 is 22.8 Å². The number of hydrogen-bond acceptors (Lipinski definition) is 5. The highest BCUT2D eigenvalue weighted by atomic mass is 16.5. The SMILES string of the molecule is CC(Oc1ccc2c(-c3ccccc3)cc(=O)oc2c1)C(=O)N1CCCC1C(=O)O. The monoisotopic (exact) mass is 407 g/mol. The van der Waals surface area contributed by atoms with E-state index in [1.165, 1.54) is 11.0 Å². The quantitative estimate of drug-likeness (QED) is 0.652. The molecule has 1 aliphatic rings. The number of fused-ring (bicyclic) bond motifs is 1. The van der Waals surface area contributed by atoms with E-state index in [9.17, 15) is 19.5 Å². The van der Waals surface area contributed by atoms with Crippen molar-refractivity contribution in [3.8, 4) is 16.9 Å². The van der Waals surface area contributed by atoms with Crippen LogP contribution in [-0.2, 0) is 9.59 Å². The van der Waals surface area contributed by atoms with Crippen LogP contribution in [0.1, 0.15) is 19.8 Å². The topological polar surface area (TPSA) is 97.0 Å². The Balaban J connectivity index is 1.60. The molecule has 1 amide bonds. The molecule has 7 nitrogen and oxygen atoms in total. The summed E-state index contributed by atoms with van der Waals surface area (Å²) < 4.78 is 11.1. The normalized spacial score (nSPS) is 17.1. The molecule has 1 aromatic heterocycles. The van der Waals surface area contributed by atoms with E-state index >= 15 is 0 Å². The van der Waals surface area contributed by atoms with Gasteiger partial charge in [0.2, 0.25) is 0 Å². The smallest absolute Gasteiger partial charge is 0.336 e. The molecule has 3 aromatic rings. The summed E-state index contributed by atoms with van der Waals surface area (Å²) in [6.45, 7) is 1.98. The second-order valence-electron chi connectivity index (χ2n) is 7.29. The van der Waals surface area contributed by atoms with E-state index in [1.54, 1.807) is 25.1 Å². The fraction of sp³-hybridized carbons (Fsp3) is 0.261. The Labute approximate surface area is 172 Å². The second kappa shape index (κ2) is 8.02. The highest BCUT2D eigenvalue weighted by molar-refractivity contribution is 5.94. The van der Waals surface area contributed by atoms with Crippen molar-refractivity contribution in [1.29, 1.82) is 0 Å². The summed E-state index contributed by atoms with van der Waals surface area (Å²) in [5, 5.41) is 10.0. The van der Waals surface area contributed by atoms with Gasteiger partial charge in [0.05, 0.1) is 0 Å². The van der Waals surface area contributed by atoms with E-state index in [4.69, 9.17) is 9.15 Å². The van der Waals surface area contributed by atoms with Crippen molar-refractivity contribution in [2.75, 3.05) is 6.54 Å². The fourth-order valence-corrected chi connectivity index (χ4v) is 3.85. The summed E-state index contributed by atoms with van der Waals surface area (Å²) in [5.41, 5.74) is 1.51. The zero-order valence-corrected chi connectivity index (χ0v) is 16.4. The first kappa shape index (κ1) is 19.7. The summed E-state index contributed by atoms with van der Waals surface area (Å²) in [6.07, 6.45) is 0.224. The van der Waals surface area contributed by atoms with Crippen LogP contribution in [0.2, 0.25) is 0 Å². The molecule has 2 atom stereocenters. The molecule has 1 fully saturated rings. The molecular formula is C23H21NO6. The van der Waals surface area contributed by atoms with E-state index in [0.29, 0.717) is 30.7 Å². The number of likely N-dealkylation sites (tertiary alicyclic amines) is 1. The van der Waals surface area contributed by atoms with Gasteiger partial charge in [-0.15, -0.1) is 0 Å². The average molecular weight is 407 g/mol. The summed E-state index contributed by atoms with van der Waals surface area (Å²) in [6, 6.07) is 15.2. The molecule has 1 saturated heterocycles. The minimum atomic E-state index is -1.01. The molecule has 2 unspecified atom stereocenters. The number of aliphatic carboxylic acids is 1. The molecule has 154 valence electrons. The maximum atomic E-state index is 12.7. The average Bonchev–Trinajstić information content (AvgIpc) is 3.23. The lowest BCUT2D eigenvalue weighted by Crippen LogP contribution is -2.46. The third-order valence-corrected chi connectivity index (χ3v) is 5.28. The van der Waals surface area contributed by atoms with Crippen LogP contribution in [0.25, 0.3) is 22.1 Å². The van der Waals surface area contributed by atoms with Gasteiger partial charge in [0.15, 0.2) is 6.10 Å². The van der Waals surface area contributed by atoms with E-state index in [-0.39, 0.29) is 5.91 Å². The number of carboxylic acid groups (broad SMARTS) is 1. The predicted octanol–water partition coefficient (Wildman–Crippen LogP) is 3.30. The van der Waals surface area contributed by atoms with Gasteiger partial charge in [0.25, 0.3) is 5.91 Å². The van der Waals surface area contributed by atoms with Crippen LogP contribution >= 0.6 is 0 Å². The van der Waals surface area contributed by atoms with Crippen molar-refractivity contribution in [3.05, 3.63) is 65.0 Å². The van der Waals surface area contributed by atoms with Crippen LogP contribution < -0.4 is 10.4 Å². The first-order valence-electron chi connectivity index (χ1n) is 9.77. The molecule has 0 saturated carbocycles. The Morgan fingerprint density at radius 1 is 1.17 bits per heavy atom. The van der Waals surface area contributed by atoms with Crippen molar-refractivity contribution < 1.29 is 23.8 Å². The molecule has 0 spiro atoms. The van der Waals surface area contributed by atoms with Crippen LogP contribution in [0.15, 0.2) is 63.8 Å². The molecule has 1 N–H and O–H groups in total. The maximum Gasteiger partial charge on any atom is 0.336 e. The number of nitrogens with zero attached hydrogens (tertiary/aromatic N) is 1. The lowest BCUT2D eigenvalue weighted by Gasteiger charge is -2.25. The van der Waals surface area contributed by atoms with Gasteiger partial charge in [-0.05, 0) is 43.0 Å². The van der Waals surface area contributed by atoms with Crippen molar-refractivity contribution in [3.63, 3.8) is 0 Å². The van der Waals surface area contributed by atoms with E-state index in [1.807, 2.05) is 30.3 Å². The van der Waals surface area contributed by atoms with Gasteiger partial charge in [-0.3, -0.25) is 4.79 Å². The van der Waals surface area contributed by atoms with Crippen molar-refractivity contribution in [2.24, 2.45) is 0 Å². The second-order valence-corrected chi connectivity index (χ2v) is 7.29. The lowest BCUT2D eigenvalue weighted by atomic mass is 10.0. The third-order valence-electron chi connectivity index (χ3n) is 5.28. The van der Waals surface area contributed by atoms with Crippen LogP contribution in [0.5, 0.6) is 5.75 Å². The van der Waals surface area contributed by atoms with Gasteiger partial charge in [-0.2, -0.15) is 0 Å². The molecule has 7 heteroatoms. The lowest BCUT2D eigenvalue weighted by molar-refractivity contribution is -0.150. The van der Waals surface area contributed by atoms with Gasteiger partial charge in [0, 0.05) is 24.1 Å². The van der Waals surface area contributed by atoms with Gasteiger partial charge in [-0.25, -0.2) is 9.59 Å². The minimum absolute atomic E-state index is 0.350. The molecule has 2 heterocycles. The van der Waals surface area contributed by atoms with Crippen LogP contribution in [-0.4, -0.2) is 40.6 Å². The Morgan fingerprint density at radius 2 is 1.93 bits per heavy atom. The van der Waals surface area contributed by atoms with Crippen LogP contribution in [0.3, 0.4) is 0 Å². The Kier molecular flexibility index (Phi) is 5.27. The number of hydrogen-bond donors (Lipinski definition) is 1. The predicted molar refractivity (Wildman–Crippen MR) is 110 cm³/mol. The number of benzene rings is 2. The van der Waals surface area contributed by atoms with E-state index in [0.717, 1.165) is 16.5 Å².